The number of aromatic carboxylic acids is 1. The average molecular weight is 205 g/mol. The van der Waals surface area contributed by atoms with Gasteiger partial charge in [0.2, 0.25) is 0 Å². The van der Waals surface area contributed by atoms with E-state index in [0.717, 1.165) is 11.4 Å². The largest absolute Gasteiger partial charge is 0.476 e. The summed E-state index contributed by atoms with van der Waals surface area (Å²) in [5.74, 6) is -0.317. The molecule has 0 unspecified atom stereocenters. The number of aryl methyl sites for hydroxylation is 2. The minimum atomic E-state index is -1.04. The zero-order valence-electron chi connectivity index (χ0n) is 8.56. The second-order valence-corrected chi connectivity index (χ2v) is 3.36. The molecular weight excluding hydrogens is 194 g/mol. The van der Waals surface area contributed by atoms with Gasteiger partial charge in [-0.25, -0.2) is 14.8 Å². The molecule has 0 amide bonds. The van der Waals surface area contributed by atoms with E-state index in [1.54, 1.807) is 10.6 Å². The van der Waals surface area contributed by atoms with Crippen LogP contribution >= 0.6 is 0 Å². The minimum absolute atomic E-state index is 0.0202. The third-order valence-corrected chi connectivity index (χ3v) is 2.20. The van der Waals surface area contributed by atoms with Gasteiger partial charge in [0.1, 0.15) is 5.82 Å². The van der Waals surface area contributed by atoms with Crippen molar-refractivity contribution in [3.63, 3.8) is 0 Å². The molecule has 5 heteroatoms. The summed E-state index contributed by atoms with van der Waals surface area (Å²) in [6.07, 6.45) is 4.17. The number of hydrogen-bond donors (Lipinski definition) is 1. The first-order valence-corrected chi connectivity index (χ1v) is 4.70. The molecular formula is C10H11N3O2. The van der Waals surface area contributed by atoms with E-state index in [0.29, 0.717) is 12.1 Å². The monoisotopic (exact) mass is 205 g/mol. The first-order chi connectivity index (χ1) is 7.13. The lowest BCUT2D eigenvalue weighted by Gasteiger charge is -1.98. The molecule has 2 heterocycles. The predicted octanol–water partition coefficient (Wildman–Crippen LogP) is 1.30. The molecule has 0 bridgehead atoms. The second-order valence-electron chi connectivity index (χ2n) is 3.36. The van der Waals surface area contributed by atoms with Gasteiger partial charge < -0.3 is 5.11 Å². The van der Waals surface area contributed by atoms with E-state index in [2.05, 4.69) is 9.97 Å². The van der Waals surface area contributed by atoms with Crippen molar-refractivity contribution in [3.05, 3.63) is 29.5 Å². The summed E-state index contributed by atoms with van der Waals surface area (Å²) in [6, 6.07) is 0. The third kappa shape index (κ3) is 1.45. The van der Waals surface area contributed by atoms with Crippen molar-refractivity contribution in [2.75, 3.05) is 0 Å². The highest BCUT2D eigenvalue weighted by Gasteiger charge is 2.16. The minimum Gasteiger partial charge on any atom is -0.476 e. The summed E-state index contributed by atoms with van der Waals surface area (Å²) >= 11 is 0. The molecule has 0 aliphatic carbocycles. The summed E-state index contributed by atoms with van der Waals surface area (Å²) in [5, 5.41) is 8.95. The van der Waals surface area contributed by atoms with Crippen LogP contribution in [0, 0.1) is 6.92 Å². The lowest BCUT2D eigenvalue weighted by Crippen LogP contribution is -1.99. The Balaban J connectivity index is 2.81. The molecule has 0 saturated heterocycles. The fourth-order valence-corrected chi connectivity index (χ4v) is 1.52. The molecule has 0 aliphatic heterocycles. The van der Waals surface area contributed by atoms with Crippen molar-refractivity contribution in [1.29, 1.82) is 0 Å². The Morgan fingerprint density at radius 1 is 1.60 bits per heavy atom. The molecule has 5 nitrogen and oxygen atoms in total. The number of nitrogens with zero attached hydrogens (tertiary/aromatic N) is 3. The van der Waals surface area contributed by atoms with Gasteiger partial charge in [0.25, 0.3) is 0 Å². The molecule has 2 aromatic rings. The van der Waals surface area contributed by atoms with Crippen molar-refractivity contribution in [2.24, 2.45) is 0 Å². The molecule has 1 N–H and O–H groups in total. The zero-order valence-corrected chi connectivity index (χ0v) is 8.56. The summed E-state index contributed by atoms with van der Waals surface area (Å²) in [4.78, 5) is 19.1. The molecule has 78 valence electrons. The Bertz CT molecular complexity index is 531. The van der Waals surface area contributed by atoms with E-state index >= 15 is 0 Å². The van der Waals surface area contributed by atoms with Crippen LogP contribution in [0.4, 0.5) is 0 Å². The topological polar surface area (TPSA) is 67.5 Å². The summed E-state index contributed by atoms with van der Waals surface area (Å²) in [6.45, 7) is 3.84. The van der Waals surface area contributed by atoms with E-state index in [-0.39, 0.29) is 5.69 Å². The molecule has 2 rings (SSSR count). The van der Waals surface area contributed by atoms with Crippen molar-refractivity contribution in [2.45, 2.75) is 20.3 Å². The van der Waals surface area contributed by atoms with Crippen LogP contribution in [0.1, 0.15) is 28.8 Å². The maximum absolute atomic E-state index is 10.9. The van der Waals surface area contributed by atoms with Crippen molar-refractivity contribution in [1.82, 2.24) is 14.4 Å². The van der Waals surface area contributed by atoms with Crippen LogP contribution in [0.3, 0.4) is 0 Å². The molecule has 0 saturated carbocycles. The highest BCUT2D eigenvalue weighted by Crippen LogP contribution is 2.12. The quantitative estimate of drug-likeness (QED) is 0.802. The standard InChI is InChI=1S/C10H11N3O2/c1-3-7-12-8(10(14)15)9-11-4-6(2)5-13(7)9/h4-5H,3H2,1-2H3,(H,14,15). The van der Waals surface area contributed by atoms with Gasteiger partial charge in [-0.1, -0.05) is 6.92 Å². The van der Waals surface area contributed by atoms with Crippen molar-refractivity contribution >= 4 is 11.6 Å². The molecule has 0 spiro atoms. The number of imidazole rings is 1. The number of fused-ring (bicyclic) bond motifs is 1. The Kier molecular flexibility index (Phi) is 2.15. The Labute approximate surface area is 86.4 Å². The van der Waals surface area contributed by atoms with Gasteiger partial charge in [-0.05, 0) is 12.5 Å². The fraction of sp³-hybridized carbons (Fsp3) is 0.300. The van der Waals surface area contributed by atoms with E-state index in [1.807, 2.05) is 20.0 Å². The smallest absolute Gasteiger partial charge is 0.358 e. The number of rotatable bonds is 2. The lowest BCUT2D eigenvalue weighted by molar-refractivity contribution is 0.0693. The van der Waals surface area contributed by atoms with Gasteiger partial charge in [0.15, 0.2) is 11.3 Å². The first kappa shape index (κ1) is 9.64. The third-order valence-electron chi connectivity index (χ3n) is 2.20. The van der Waals surface area contributed by atoms with Gasteiger partial charge in [-0.3, -0.25) is 4.40 Å². The Morgan fingerprint density at radius 3 is 2.93 bits per heavy atom. The molecule has 15 heavy (non-hydrogen) atoms. The SMILES string of the molecule is CCc1nc(C(=O)O)c2ncc(C)cn12. The van der Waals surface area contributed by atoms with Crippen LogP contribution in [0.2, 0.25) is 0 Å². The van der Waals surface area contributed by atoms with E-state index in [1.165, 1.54) is 0 Å². The molecule has 0 radical (unpaired) electrons. The van der Waals surface area contributed by atoms with Gasteiger partial charge in [0.05, 0.1) is 0 Å². The van der Waals surface area contributed by atoms with Crippen LogP contribution in [0.25, 0.3) is 5.65 Å². The van der Waals surface area contributed by atoms with Crippen LogP contribution in [0.15, 0.2) is 12.4 Å². The van der Waals surface area contributed by atoms with Gasteiger partial charge in [-0.15, -0.1) is 0 Å². The van der Waals surface area contributed by atoms with E-state index in [9.17, 15) is 4.79 Å². The normalized spacial score (nSPS) is 10.8. The van der Waals surface area contributed by atoms with Gasteiger partial charge >= 0.3 is 5.97 Å². The summed E-state index contributed by atoms with van der Waals surface area (Å²) < 4.78 is 1.73. The lowest BCUT2D eigenvalue weighted by atomic mass is 10.4. The van der Waals surface area contributed by atoms with Gasteiger partial charge in [-0.2, -0.15) is 0 Å². The maximum Gasteiger partial charge on any atom is 0.358 e. The van der Waals surface area contributed by atoms with Crippen molar-refractivity contribution in [3.8, 4) is 0 Å². The number of hydrogen-bond acceptors (Lipinski definition) is 3. The average Bonchev–Trinajstić information content (AvgIpc) is 2.55. The first-order valence-electron chi connectivity index (χ1n) is 4.70. The number of carbonyl (C=O) groups is 1. The highest BCUT2D eigenvalue weighted by atomic mass is 16.4. The van der Waals surface area contributed by atoms with E-state index in [4.69, 9.17) is 5.11 Å². The molecule has 0 aliphatic rings. The summed E-state index contributed by atoms with van der Waals surface area (Å²) in [7, 11) is 0. The highest BCUT2D eigenvalue weighted by molar-refractivity contribution is 5.92. The maximum atomic E-state index is 10.9. The molecule has 2 aromatic heterocycles. The van der Waals surface area contributed by atoms with Crippen LogP contribution in [-0.4, -0.2) is 25.4 Å². The predicted molar refractivity (Wildman–Crippen MR) is 54.1 cm³/mol. The zero-order chi connectivity index (χ0) is 11.0. The Morgan fingerprint density at radius 2 is 2.33 bits per heavy atom. The molecule has 0 atom stereocenters. The number of carboxylic acids is 1. The number of carboxylic acid groups (broad SMARTS) is 1. The van der Waals surface area contributed by atoms with E-state index < -0.39 is 5.97 Å². The van der Waals surface area contributed by atoms with Crippen LogP contribution < -0.4 is 0 Å². The second kappa shape index (κ2) is 3.34. The fourth-order valence-electron chi connectivity index (χ4n) is 1.52. The number of aromatic nitrogens is 3. The van der Waals surface area contributed by atoms with Crippen molar-refractivity contribution < 1.29 is 9.90 Å². The molecule has 0 fully saturated rings. The summed E-state index contributed by atoms with van der Waals surface area (Å²) in [5.41, 5.74) is 1.41. The van der Waals surface area contributed by atoms with Crippen LogP contribution in [0.5, 0.6) is 0 Å². The molecule has 0 aromatic carbocycles. The Hall–Kier alpha value is -1.91. The van der Waals surface area contributed by atoms with Gasteiger partial charge in [0, 0.05) is 18.8 Å². The van der Waals surface area contributed by atoms with Crippen LogP contribution in [-0.2, 0) is 6.42 Å².